The average molecular weight is 207 g/mol. The van der Waals surface area contributed by atoms with Gasteiger partial charge in [0.1, 0.15) is 0 Å². The maximum atomic E-state index is 4.46. The topological polar surface area (TPSA) is 29.9 Å². The van der Waals surface area contributed by atoms with E-state index in [-0.39, 0.29) is 5.54 Å². The van der Waals surface area contributed by atoms with Crippen LogP contribution in [0.2, 0.25) is 0 Å². The van der Waals surface area contributed by atoms with Crippen LogP contribution >= 0.6 is 0 Å². The predicted octanol–water partition coefficient (Wildman–Crippen LogP) is 2.11. The maximum Gasteiger partial charge on any atom is 0.0546 e. The summed E-state index contributed by atoms with van der Waals surface area (Å²) in [5, 5.41) is 7.86. The summed E-state index contributed by atoms with van der Waals surface area (Å²) in [5.74, 6) is 0.688. The van der Waals surface area contributed by atoms with Crippen LogP contribution in [0.4, 0.5) is 0 Å². The third kappa shape index (κ3) is 2.23. The molecule has 1 aromatic heterocycles. The Balaban J connectivity index is 2.24. The standard InChI is InChI=1S/C12H21N3/c1-12(2,3)15-11(6-9-14-15)10-4-7-13-8-5-10/h6,9-10,13H,4-5,7-8H2,1-3H3. The molecule has 0 radical (unpaired) electrons. The van der Waals surface area contributed by atoms with Gasteiger partial charge in [-0.3, -0.25) is 4.68 Å². The van der Waals surface area contributed by atoms with Crippen LogP contribution in [0, 0.1) is 0 Å². The number of rotatable bonds is 1. The molecule has 0 saturated carbocycles. The smallest absolute Gasteiger partial charge is 0.0546 e. The van der Waals surface area contributed by atoms with E-state index in [2.05, 4.69) is 41.9 Å². The highest BCUT2D eigenvalue weighted by molar-refractivity contribution is 5.11. The Morgan fingerprint density at radius 3 is 2.60 bits per heavy atom. The lowest BCUT2D eigenvalue weighted by Crippen LogP contribution is -2.31. The molecule has 2 rings (SSSR count). The molecule has 0 unspecified atom stereocenters. The zero-order valence-corrected chi connectivity index (χ0v) is 9.95. The number of hydrogen-bond acceptors (Lipinski definition) is 2. The third-order valence-electron chi connectivity index (χ3n) is 3.06. The fourth-order valence-corrected chi connectivity index (χ4v) is 2.30. The second-order valence-electron chi connectivity index (χ2n) is 5.36. The Morgan fingerprint density at radius 2 is 2.00 bits per heavy atom. The molecule has 3 nitrogen and oxygen atoms in total. The largest absolute Gasteiger partial charge is 0.317 e. The summed E-state index contributed by atoms with van der Waals surface area (Å²) < 4.78 is 2.18. The van der Waals surface area contributed by atoms with E-state index in [1.165, 1.54) is 18.5 Å². The van der Waals surface area contributed by atoms with E-state index in [0.717, 1.165) is 13.1 Å². The van der Waals surface area contributed by atoms with Crippen molar-refractivity contribution in [3.05, 3.63) is 18.0 Å². The molecule has 0 spiro atoms. The molecule has 1 saturated heterocycles. The van der Waals surface area contributed by atoms with Crippen molar-refractivity contribution in [2.45, 2.75) is 45.1 Å². The number of hydrogen-bond donors (Lipinski definition) is 1. The lowest BCUT2D eigenvalue weighted by atomic mass is 9.93. The molecule has 0 bridgehead atoms. The molecule has 3 heteroatoms. The van der Waals surface area contributed by atoms with Crippen molar-refractivity contribution < 1.29 is 0 Å². The van der Waals surface area contributed by atoms with Crippen molar-refractivity contribution in [3.63, 3.8) is 0 Å². The highest BCUT2D eigenvalue weighted by Crippen LogP contribution is 2.28. The molecule has 2 heterocycles. The zero-order valence-electron chi connectivity index (χ0n) is 9.95. The fourth-order valence-electron chi connectivity index (χ4n) is 2.30. The highest BCUT2D eigenvalue weighted by atomic mass is 15.3. The molecular formula is C12H21N3. The van der Waals surface area contributed by atoms with Gasteiger partial charge in [0.25, 0.3) is 0 Å². The Morgan fingerprint density at radius 1 is 1.33 bits per heavy atom. The fraction of sp³-hybridized carbons (Fsp3) is 0.750. The van der Waals surface area contributed by atoms with Crippen molar-refractivity contribution in [3.8, 4) is 0 Å². The van der Waals surface area contributed by atoms with Crippen LogP contribution in [0.25, 0.3) is 0 Å². The van der Waals surface area contributed by atoms with Crippen LogP contribution in [-0.2, 0) is 5.54 Å². The minimum absolute atomic E-state index is 0.101. The minimum Gasteiger partial charge on any atom is -0.317 e. The molecule has 0 atom stereocenters. The molecule has 1 fully saturated rings. The van der Waals surface area contributed by atoms with E-state index < -0.39 is 0 Å². The number of nitrogens with zero attached hydrogens (tertiary/aromatic N) is 2. The number of piperidine rings is 1. The predicted molar refractivity (Wildman–Crippen MR) is 62.1 cm³/mol. The van der Waals surface area contributed by atoms with Crippen LogP contribution in [0.1, 0.15) is 45.2 Å². The quantitative estimate of drug-likeness (QED) is 0.764. The van der Waals surface area contributed by atoms with Gasteiger partial charge in [0, 0.05) is 17.8 Å². The van der Waals surface area contributed by atoms with Gasteiger partial charge in [0.05, 0.1) is 5.54 Å². The summed E-state index contributed by atoms with van der Waals surface area (Å²) >= 11 is 0. The molecule has 1 N–H and O–H groups in total. The molecule has 1 aromatic rings. The van der Waals surface area contributed by atoms with Crippen LogP contribution in [0.3, 0.4) is 0 Å². The van der Waals surface area contributed by atoms with Gasteiger partial charge < -0.3 is 5.32 Å². The van der Waals surface area contributed by atoms with E-state index in [1.54, 1.807) is 0 Å². The van der Waals surface area contributed by atoms with Crippen molar-refractivity contribution in [1.29, 1.82) is 0 Å². The monoisotopic (exact) mass is 207 g/mol. The lowest BCUT2D eigenvalue weighted by Gasteiger charge is -2.28. The molecular weight excluding hydrogens is 186 g/mol. The van der Waals surface area contributed by atoms with E-state index >= 15 is 0 Å². The summed E-state index contributed by atoms with van der Waals surface area (Å²) in [7, 11) is 0. The molecule has 0 aromatic carbocycles. The van der Waals surface area contributed by atoms with Gasteiger partial charge in [-0.25, -0.2) is 0 Å². The van der Waals surface area contributed by atoms with Gasteiger partial charge in [0.15, 0.2) is 0 Å². The summed E-state index contributed by atoms with van der Waals surface area (Å²) in [6.45, 7) is 8.92. The van der Waals surface area contributed by atoms with Crippen LogP contribution < -0.4 is 5.32 Å². The van der Waals surface area contributed by atoms with Crippen LogP contribution in [0.15, 0.2) is 12.3 Å². The van der Waals surface area contributed by atoms with Gasteiger partial charge in [-0.05, 0) is 52.8 Å². The van der Waals surface area contributed by atoms with Crippen molar-refractivity contribution in [1.82, 2.24) is 15.1 Å². The van der Waals surface area contributed by atoms with Crippen molar-refractivity contribution in [2.24, 2.45) is 0 Å². The molecule has 0 aliphatic carbocycles. The van der Waals surface area contributed by atoms with Crippen LogP contribution in [-0.4, -0.2) is 22.9 Å². The normalized spacial score (nSPS) is 19.4. The molecule has 1 aliphatic heterocycles. The summed E-state index contributed by atoms with van der Waals surface area (Å²) in [6.07, 6.45) is 4.41. The zero-order chi connectivity index (χ0) is 10.9. The Hall–Kier alpha value is -0.830. The first kappa shape index (κ1) is 10.7. The first-order chi connectivity index (χ1) is 7.09. The lowest BCUT2D eigenvalue weighted by molar-refractivity contribution is 0.322. The van der Waals surface area contributed by atoms with E-state index in [4.69, 9.17) is 0 Å². The van der Waals surface area contributed by atoms with Crippen molar-refractivity contribution in [2.75, 3.05) is 13.1 Å². The molecule has 0 amide bonds. The molecule has 1 aliphatic rings. The SMILES string of the molecule is CC(C)(C)n1nccc1C1CCNCC1. The Bertz CT molecular complexity index is 316. The molecule has 84 valence electrons. The summed E-state index contributed by atoms with van der Waals surface area (Å²) in [6, 6.07) is 2.18. The highest BCUT2D eigenvalue weighted by Gasteiger charge is 2.23. The van der Waals surface area contributed by atoms with Gasteiger partial charge in [-0.2, -0.15) is 5.10 Å². The van der Waals surface area contributed by atoms with Gasteiger partial charge in [0.2, 0.25) is 0 Å². The van der Waals surface area contributed by atoms with E-state index in [1.807, 2.05) is 6.20 Å². The summed E-state index contributed by atoms with van der Waals surface area (Å²) in [5.41, 5.74) is 1.51. The Kier molecular flexibility index (Phi) is 2.83. The van der Waals surface area contributed by atoms with Crippen LogP contribution in [0.5, 0.6) is 0 Å². The second-order valence-corrected chi connectivity index (χ2v) is 5.36. The Labute approximate surface area is 91.9 Å². The third-order valence-corrected chi connectivity index (χ3v) is 3.06. The van der Waals surface area contributed by atoms with Gasteiger partial charge in [-0.1, -0.05) is 0 Å². The minimum atomic E-state index is 0.101. The number of nitrogens with one attached hydrogen (secondary N) is 1. The van der Waals surface area contributed by atoms with Crippen molar-refractivity contribution >= 4 is 0 Å². The molecule has 15 heavy (non-hydrogen) atoms. The maximum absolute atomic E-state index is 4.46. The summed E-state index contributed by atoms with van der Waals surface area (Å²) in [4.78, 5) is 0. The van der Waals surface area contributed by atoms with E-state index in [0.29, 0.717) is 5.92 Å². The average Bonchev–Trinajstić information content (AvgIpc) is 2.67. The number of aromatic nitrogens is 2. The van der Waals surface area contributed by atoms with Gasteiger partial charge in [-0.15, -0.1) is 0 Å². The van der Waals surface area contributed by atoms with E-state index in [9.17, 15) is 0 Å². The second kappa shape index (κ2) is 3.97. The first-order valence-corrected chi connectivity index (χ1v) is 5.84. The van der Waals surface area contributed by atoms with Gasteiger partial charge >= 0.3 is 0 Å². The first-order valence-electron chi connectivity index (χ1n) is 5.84.